The molecule has 146 valence electrons. The maximum absolute atomic E-state index is 10.9. The number of aryl methyl sites for hydroxylation is 1. The van der Waals surface area contributed by atoms with Crippen molar-refractivity contribution < 1.29 is 9.84 Å². The predicted molar refractivity (Wildman–Crippen MR) is 110 cm³/mol. The summed E-state index contributed by atoms with van der Waals surface area (Å²) >= 11 is 0. The van der Waals surface area contributed by atoms with Crippen LogP contribution >= 0.6 is 0 Å². The van der Waals surface area contributed by atoms with Crippen LogP contribution in [0.4, 0.5) is 0 Å². The Kier molecular flexibility index (Phi) is 4.37. The van der Waals surface area contributed by atoms with Gasteiger partial charge in [-0.1, -0.05) is 0 Å². The number of aliphatic hydroxyl groups is 1. The van der Waals surface area contributed by atoms with Crippen molar-refractivity contribution in [1.82, 2.24) is 14.5 Å². The van der Waals surface area contributed by atoms with E-state index in [0.29, 0.717) is 12.6 Å². The third kappa shape index (κ3) is 2.73. The van der Waals surface area contributed by atoms with Gasteiger partial charge in [0.1, 0.15) is 5.75 Å². The lowest BCUT2D eigenvalue weighted by molar-refractivity contribution is 0.155. The number of pyridine rings is 1. The van der Waals surface area contributed by atoms with Gasteiger partial charge < -0.3 is 14.4 Å². The molecule has 28 heavy (non-hydrogen) atoms. The van der Waals surface area contributed by atoms with Gasteiger partial charge in [0, 0.05) is 48.5 Å². The Morgan fingerprint density at radius 1 is 1.25 bits per heavy atom. The fraction of sp³-hybridized carbons (Fsp3) is 0.435. The fourth-order valence-corrected chi connectivity index (χ4v) is 5.17. The second kappa shape index (κ2) is 6.90. The van der Waals surface area contributed by atoms with Crippen molar-refractivity contribution >= 4 is 10.9 Å². The summed E-state index contributed by atoms with van der Waals surface area (Å²) in [7, 11) is 1.73. The Morgan fingerprint density at radius 3 is 2.86 bits per heavy atom. The second-order valence-electron chi connectivity index (χ2n) is 8.05. The van der Waals surface area contributed by atoms with E-state index in [0.717, 1.165) is 24.3 Å². The van der Waals surface area contributed by atoms with E-state index >= 15 is 0 Å². The SMILES string of the molecule is COc1cc2c(cc1C)c1c(n2C[C@@H](O)c2ccncc2)CCN2CCC[C@H]12. The molecule has 2 aliphatic heterocycles. The molecule has 0 spiro atoms. The van der Waals surface area contributed by atoms with Gasteiger partial charge >= 0.3 is 0 Å². The number of ether oxygens (including phenoxy) is 1. The lowest BCUT2D eigenvalue weighted by Gasteiger charge is -2.31. The third-order valence-electron chi connectivity index (χ3n) is 6.51. The average molecular weight is 377 g/mol. The maximum atomic E-state index is 10.9. The van der Waals surface area contributed by atoms with Gasteiger partial charge in [-0.2, -0.15) is 0 Å². The summed E-state index contributed by atoms with van der Waals surface area (Å²) in [6.45, 7) is 4.97. The summed E-state index contributed by atoms with van der Waals surface area (Å²) < 4.78 is 7.96. The number of nitrogens with zero attached hydrogens (tertiary/aromatic N) is 3. The molecule has 0 unspecified atom stereocenters. The fourth-order valence-electron chi connectivity index (χ4n) is 5.17. The molecule has 0 saturated carbocycles. The summed E-state index contributed by atoms with van der Waals surface area (Å²) in [6, 6.07) is 8.74. The summed E-state index contributed by atoms with van der Waals surface area (Å²) in [4.78, 5) is 6.70. The first-order chi connectivity index (χ1) is 13.7. The van der Waals surface area contributed by atoms with Gasteiger partial charge in [-0.3, -0.25) is 9.88 Å². The molecule has 0 aliphatic carbocycles. The van der Waals surface area contributed by atoms with Crippen LogP contribution in [0.3, 0.4) is 0 Å². The molecule has 5 nitrogen and oxygen atoms in total. The highest BCUT2D eigenvalue weighted by Gasteiger charge is 2.35. The lowest BCUT2D eigenvalue weighted by Crippen LogP contribution is -2.31. The van der Waals surface area contributed by atoms with Crippen molar-refractivity contribution in [1.29, 1.82) is 0 Å². The number of rotatable bonds is 4. The quantitative estimate of drug-likeness (QED) is 0.752. The van der Waals surface area contributed by atoms with E-state index in [-0.39, 0.29) is 0 Å². The minimum atomic E-state index is -0.559. The van der Waals surface area contributed by atoms with E-state index in [4.69, 9.17) is 4.74 Å². The molecular formula is C23H27N3O2. The molecule has 4 heterocycles. The van der Waals surface area contributed by atoms with Crippen molar-refractivity contribution in [2.75, 3.05) is 20.2 Å². The minimum Gasteiger partial charge on any atom is -0.496 e. The summed E-state index contributed by atoms with van der Waals surface area (Å²) in [5, 5.41) is 12.3. The van der Waals surface area contributed by atoms with Crippen LogP contribution in [0.5, 0.6) is 5.75 Å². The Morgan fingerprint density at radius 2 is 2.07 bits per heavy atom. The molecule has 2 aromatic heterocycles. The molecule has 3 aromatic rings. The number of hydrogen-bond donors (Lipinski definition) is 1. The molecule has 1 aromatic carbocycles. The van der Waals surface area contributed by atoms with E-state index < -0.39 is 6.10 Å². The number of aliphatic hydroxyl groups excluding tert-OH is 1. The summed E-state index contributed by atoms with van der Waals surface area (Å²) in [6.07, 6.45) is 6.45. The molecule has 0 amide bonds. The lowest BCUT2D eigenvalue weighted by atomic mass is 9.95. The smallest absolute Gasteiger partial charge is 0.123 e. The van der Waals surface area contributed by atoms with E-state index in [9.17, 15) is 5.11 Å². The number of benzene rings is 1. The van der Waals surface area contributed by atoms with Crippen LogP contribution in [-0.2, 0) is 13.0 Å². The third-order valence-corrected chi connectivity index (χ3v) is 6.51. The molecule has 2 aliphatic rings. The number of aromatic nitrogens is 2. The Labute approximate surface area is 165 Å². The molecule has 1 saturated heterocycles. The van der Waals surface area contributed by atoms with Crippen LogP contribution in [0.25, 0.3) is 10.9 Å². The first-order valence-electron chi connectivity index (χ1n) is 10.2. The first-order valence-corrected chi connectivity index (χ1v) is 10.2. The molecule has 1 N–H and O–H groups in total. The average Bonchev–Trinajstić information content (AvgIpc) is 3.31. The maximum Gasteiger partial charge on any atom is 0.123 e. The molecule has 0 radical (unpaired) electrons. The molecule has 2 atom stereocenters. The van der Waals surface area contributed by atoms with Crippen LogP contribution in [0.15, 0.2) is 36.7 Å². The van der Waals surface area contributed by atoms with Crippen molar-refractivity contribution in [3.05, 3.63) is 59.0 Å². The molecule has 1 fully saturated rings. The monoisotopic (exact) mass is 377 g/mol. The van der Waals surface area contributed by atoms with Crippen molar-refractivity contribution in [2.24, 2.45) is 0 Å². The molecule has 0 bridgehead atoms. The predicted octanol–water partition coefficient (Wildman–Crippen LogP) is 3.78. The van der Waals surface area contributed by atoms with Crippen LogP contribution in [0, 0.1) is 6.92 Å². The molecule has 5 heteroatoms. The molecular weight excluding hydrogens is 350 g/mol. The second-order valence-corrected chi connectivity index (χ2v) is 8.05. The van der Waals surface area contributed by atoms with Crippen LogP contribution in [0.2, 0.25) is 0 Å². The Hall–Kier alpha value is -2.37. The normalized spacial score (nSPS) is 20.2. The molecule has 5 rings (SSSR count). The Balaban J connectivity index is 1.67. The zero-order valence-corrected chi connectivity index (χ0v) is 16.6. The van der Waals surface area contributed by atoms with Crippen LogP contribution < -0.4 is 4.74 Å². The van der Waals surface area contributed by atoms with Crippen LogP contribution in [0.1, 0.15) is 47.4 Å². The highest BCUT2D eigenvalue weighted by molar-refractivity contribution is 5.88. The van der Waals surface area contributed by atoms with E-state index in [1.165, 1.54) is 47.1 Å². The van der Waals surface area contributed by atoms with Crippen molar-refractivity contribution in [2.45, 2.75) is 44.9 Å². The standard InChI is InChI=1S/C23H27N3O2/c1-15-12-17-20(13-22(15)28-2)26(14-21(27)16-5-8-24-9-6-16)19-7-11-25-10-3-4-18(25)23(17)19/h5-6,8-9,12-13,18,21,27H,3-4,7,10-11,14H2,1-2H3/t18-,21-/m1/s1. The van der Waals surface area contributed by atoms with Crippen molar-refractivity contribution in [3.63, 3.8) is 0 Å². The van der Waals surface area contributed by atoms with Gasteiger partial charge in [0.25, 0.3) is 0 Å². The largest absolute Gasteiger partial charge is 0.496 e. The number of fused-ring (bicyclic) bond motifs is 5. The van der Waals surface area contributed by atoms with Gasteiger partial charge in [0.2, 0.25) is 0 Å². The van der Waals surface area contributed by atoms with Gasteiger partial charge in [0.15, 0.2) is 0 Å². The van der Waals surface area contributed by atoms with Gasteiger partial charge in [-0.05, 0) is 61.2 Å². The number of methoxy groups -OCH3 is 1. The van der Waals surface area contributed by atoms with E-state index in [1.54, 1.807) is 19.5 Å². The van der Waals surface area contributed by atoms with E-state index in [1.807, 2.05) is 12.1 Å². The van der Waals surface area contributed by atoms with Crippen LogP contribution in [-0.4, -0.2) is 39.8 Å². The highest BCUT2D eigenvalue weighted by atomic mass is 16.5. The van der Waals surface area contributed by atoms with E-state index in [2.05, 4.69) is 33.5 Å². The highest BCUT2D eigenvalue weighted by Crippen LogP contribution is 2.44. The van der Waals surface area contributed by atoms with Crippen molar-refractivity contribution in [3.8, 4) is 5.75 Å². The minimum absolute atomic E-state index is 0.512. The van der Waals surface area contributed by atoms with Gasteiger partial charge in [0.05, 0.1) is 25.3 Å². The number of hydrogen-bond acceptors (Lipinski definition) is 4. The Bertz CT molecular complexity index is 1010. The zero-order valence-electron chi connectivity index (χ0n) is 16.6. The summed E-state index contributed by atoms with van der Waals surface area (Å²) in [5.41, 5.74) is 6.11. The summed E-state index contributed by atoms with van der Waals surface area (Å²) in [5.74, 6) is 0.908. The topological polar surface area (TPSA) is 50.5 Å². The zero-order chi connectivity index (χ0) is 19.3. The first kappa shape index (κ1) is 17.7. The van der Waals surface area contributed by atoms with Gasteiger partial charge in [-0.15, -0.1) is 0 Å². The van der Waals surface area contributed by atoms with Gasteiger partial charge in [-0.25, -0.2) is 0 Å².